The van der Waals surface area contributed by atoms with Gasteiger partial charge in [-0.3, -0.25) is 0 Å². The van der Waals surface area contributed by atoms with Gasteiger partial charge in [-0.1, -0.05) is 0 Å². The Balaban J connectivity index is 2.82. The van der Waals surface area contributed by atoms with Gasteiger partial charge in [0.15, 0.2) is 0 Å². The smallest absolute Gasteiger partial charge is 0.129 e. The van der Waals surface area contributed by atoms with Gasteiger partial charge in [-0.15, -0.1) is 8.58 Å². The lowest BCUT2D eigenvalue weighted by atomic mass is 10.3. The zero-order chi connectivity index (χ0) is 6.41. The minimum absolute atomic E-state index is 0.322. The molecule has 2 heteroatoms. The van der Waals surface area contributed by atoms with E-state index >= 15 is 0 Å². The fourth-order valence-corrected chi connectivity index (χ4v) is 1.04. The van der Waals surface area contributed by atoms with Gasteiger partial charge >= 0.3 is 0 Å². The molecule has 0 saturated heterocycles. The summed E-state index contributed by atoms with van der Waals surface area (Å²) in [6, 6.07) is 0. The normalized spacial score (nSPS) is 10.8. The van der Waals surface area contributed by atoms with E-state index in [1.807, 2.05) is 0 Å². The van der Waals surface area contributed by atoms with Gasteiger partial charge in [-0.2, -0.15) is 0 Å². The number of carbonyl (C=O) groups excluding carboxylic acids is 1. The zero-order valence-corrected chi connectivity index (χ0v) is 6.53. The first-order chi connectivity index (χ1) is 3.77. The van der Waals surface area contributed by atoms with Crippen LogP contribution in [-0.2, 0) is 4.79 Å². The van der Waals surface area contributed by atoms with Crippen molar-refractivity contribution in [3.8, 4) is 0 Å². The molecule has 0 aromatic carbocycles. The van der Waals surface area contributed by atoms with Crippen LogP contribution in [0.5, 0.6) is 0 Å². The molecular weight excluding hydrogens is 119 g/mol. The number of carbonyl (C=O) groups is 1. The minimum Gasteiger partial charge on any atom is -0.300 e. The highest BCUT2D eigenvalue weighted by molar-refractivity contribution is 7.36. The van der Waals surface area contributed by atoms with Gasteiger partial charge in [-0.25, -0.2) is 0 Å². The Hall–Kier alpha value is 0.100. The second-order valence-electron chi connectivity index (χ2n) is 1.91. The molecule has 8 heavy (non-hydrogen) atoms. The molecule has 0 fully saturated rings. The summed E-state index contributed by atoms with van der Waals surface area (Å²) in [5.74, 6) is 0.322. The number of rotatable bonds is 4. The van der Waals surface area contributed by atoms with Crippen LogP contribution in [0.4, 0.5) is 0 Å². The lowest BCUT2D eigenvalue weighted by Gasteiger charge is -1.91. The maximum Gasteiger partial charge on any atom is 0.129 e. The summed E-state index contributed by atoms with van der Waals surface area (Å²) < 4.78 is 0. The van der Waals surface area contributed by atoms with Crippen LogP contribution in [0.3, 0.4) is 0 Å². The van der Waals surface area contributed by atoms with Gasteiger partial charge in [0.05, 0.1) is 0 Å². The molecule has 0 heterocycles. The van der Waals surface area contributed by atoms with Crippen molar-refractivity contribution in [2.24, 2.45) is 0 Å². The summed E-state index contributed by atoms with van der Waals surface area (Å²) in [6.07, 6.45) is 3.09. The first-order valence-electron chi connectivity index (χ1n) is 2.91. The molecule has 0 aliphatic heterocycles. The number of hydrogen-bond acceptors (Lipinski definition) is 1. The van der Waals surface area contributed by atoms with Gasteiger partial charge in [-0.05, 0) is 26.2 Å². The monoisotopic (exact) mass is 132 g/mol. The van der Waals surface area contributed by atoms with E-state index in [4.69, 9.17) is 0 Å². The Labute approximate surface area is 52.6 Å². The lowest BCUT2D eigenvalue weighted by Crippen LogP contribution is -1.89. The van der Waals surface area contributed by atoms with Gasteiger partial charge in [0.1, 0.15) is 5.78 Å². The molecule has 0 bridgehead atoms. The molecule has 0 radical (unpaired) electrons. The quantitative estimate of drug-likeness (QED) is 0.420. The van der Waals surface area contributed by atoms with Crippen LogP contribution >= 0.6 is 8.58 Å². The van der Waals surface area contributed by atoms with Crippen LogP contribution in [0.15, 0.2) is 0 Å². The molecule has 1 nitrogen and oxygen atoms in total. The fraction of sp³-hybridized carbons (Fsp3) is 0.833. The topological polar surface area (TPSA) is 17.1 Å². The Morgan fingerprint density at radius 3 is 2.62 bits per heavy atom. The van der Waals surface area contributed by atoms with Crippen LogP contribution in [0.2, 0.25) is 0 Å². The summed E-state index contributed by atoms with van der Waals surface area (Å²) in [7, 11) is 1.01. The molecule has 0 aromatic rings. The molecule has 0 N–H and O–H groups in total. The van der Waals surface area contributed by atoms with E-state index in [0.29, 0.717) is 5.78 Å². The first kappa shape index (κ1) is 8.10. The van der Waals surface area contributed by atoms with E-state index < -0.39 is 0 Å². The molecule has 48 valence electrons. The van der Waals surface area contributed by atoms with Crippen LogP contribution in [-0.4, -0.2) is 18.6 Å². The molecule has 0 aliphatic rings. The van der Waals surface area contributed by atoms with E-state index in [1.165, 1.54) is 6.16 Å². The molecule has 0 amide bonds. The van der Waals surface area contributed by atoms with Crippen LogP contribution in [0, 0.1) is 0 Å². The van der Waals surface area contributed by atoms with Gasteiger partial charge in [0.2, 0.25) is 0 Å². The summed E-state index contributed by atoms with van der Waals surface area (Å²) in [5, 5.41) is 0. The van der Waals surface area contributed by atoms with Crippen molar-refractivity contribution in [2.45, 2.75) is 19.8 Å². The van der Waals surface area contributed by atoms with Crippen LogP contribution in [0.1, 0.15) is 19.8 Å². The molecular formula is C6H13OP. The van der Waals surface area contributed by atoms with E-state index in [9.17, 15) is 4.79 Å². The van der Waals surface area contributed by atoms with Crippen molar-refractivity contribution in [3.63, 3.8) is 0 Å². The third-order valence-corrected chi connectivity index (χ3v) is 1.81. The summed E-state index contributed by atoms with van der Waals surface area (Å²) in [5.41, 5.74) is 0. The molecule has 0 spiro atoms. The van der Waals surface area contributed by atoms with Crippen molar-refractivity contribution in [2.75, 3.05) is 12.8 Å². The Morgan fingerprint density at radius 2 is 2.25 bits per heavy atom. The standard InChI is InChI=1S/C6H13OP/c1-6(7)4-3-5-8-2/h8H,3-5H2,1-2H3. The molecule has 0 rings (SSSR count). The third kappa shape index (κ3) is 6.10. The summed E-state index contributed by atoms with van der Waals surface area (Å²) in [4.78, 5) is 10.3. The minimum atomic E-state index is 0.322. The van der Waals surface area contributed by atoms with E-state index in [-0.39, 0.29) is 0 Å². The SMILES string of the molecule is CPCCCC(C)=O. The van der Waals surface area contributed by atoms with Crippen molar-refractivity contribution in [3.05, 3.63) is 0 Å². The van der Waals surface area contributed by atoms with E-state index in [0.717, 1.165) is 21.4 Å². The van der Waals surface area contributed by atoms with Gasteiger partial charge in [0.25, 0.3) is 0 Å². The Bertz CT molecular complexity index is 70.9. The molecule has 1 atom stereocenters. The highest BCUT2D eigenvalue weighted by atomic mass is 31.1. The molecule has 0 aromatic heterocycles. The lowest BCUT2D eigenvalue weighted by molar-refractivity contribution is -0.117. The first-order valence-corrected chi connectivity index (χ1v) is 4.62. The molecule has 0 aliphatic carbocycles. The fourth-order valence-electron chi connectivity index (χ4n) is 0.514. The maximum atomic E-state index is 10.3. The van der Waals surface area contributed by atoms with E-state index in [1.54, 1.807) is 6.92 Å². The van der Waals surface area contributed by atoms with Gasteiger partial charge < -0.3 is 4.79 Å². The van der Waals surface area contributed by atoms with E-state index in [2.05, 4.69) is 6.66 Å². The van der Waals surface area contributed by atoms with Crippen molar-refractivity contribution in [1.82, 2.24) is 0 Å². The van der Waals surface area contributed by atoms with Gasteiger partial charge in [0, 0.05) is 6.42 Å². The second kappa shape index (κ2) is 5.24. The molecule has 0 saturated carbocycles. The summed E-state index contributed by atoms with van der Waals surface area (Å²) >= 11 is 0. The highest BCUT2D eigenvalue weighted by Gasteiger charge is 1.89. The zero-order valence-electron chi connectivity index (χ0n) is 5.53. The average Bonchev–Trinajstić information content (AvgIpc) is 1.66. The molecule has 1 unspecified atom stereocenters. The maximum absolute atomic E-state index is 10.3. The summed E-state index contributed by atoms with van der Waals surface area (Å²) in [6.45, 7) is 3.82. The predicted molar refractivity (Wildman–Crippen MR) is 39.0 cm³/mol. The Kier molecular flexibility index (Phi) is 5.31. The number of hydrogen-bond donors (Lipinski definition) is 0. The number of ketones is 1. The highest BCUT2D eigenvalue weighted by Crippen LogP contribution is 2.05. The van der Waals surface area contributed by atoms with Crippen LogP contribution < -0.4 is 0 Å². The largest absolute Gasteiger partial charge is 0.300 e. The van der Waals surface area contributed by atoms with Crippen LogP contribution in [0.25, 0.3) is 0 Å². The average molecular weight is 132 g/mol. The third-order valence-electron chi connectivity index (χ3n) is 0.956. The second-order valence-corrected chi connectivity index (χ2v) is 3.12. The number of Topliss-reactive ketones (excluding diaryl/α,β-unsaturated/α-hetero) is 1. The van der Waals surface area contributed by atoms with Crippen molar-refractivity contribution >= 4 is 14.4 Å². The van der Waals surface area contributed by atoms with Crippen molar-refractivity contribution < 1.29 is 4.79 Å². The Morgan fingerprint density at radius 1 is 1.62 bits per heavy atom. The predicted octanol–water partition coefficient (Wildman–Crippen LogP) is 1.66. The van der Waals surface area contributed by atoms with Crippen molar-refractivity contribution in [1.29, 1.82) is 0 Å².